The van der Waals surface area contributed by atoms with Crippen molar-refractivity contribution in [2.24, 2.45) is 0 Å². The number of hydrogen-bond donors (Lipinski definition) is 1. The van der Waals surface area contributed by atoms with E-state index in [9.17, 15) is 4.79 Å². The molecule has 20 heavy (non-hydrogen) atoms. The highest BCUT2D eigenvalue weighted by Crippen LogP contribution is 2.31. The Hall–Kier alpha value is -2.10. The number of benzene rings is 1. The van der Waals surface area contributed by atoms with Crippen LogP contribution in [0.1, 0.15) is 35.3 Å². The Morgan fingerprint density at radius 2 is 1.95 bits per heavy atom. The van der Waals surface area contributed by atoms with Crippen molar-refractivity contribution in [3.05, 3.63) is 35.0 Å². The lowest BCUT2D eigenvalue weighted by Gasteiger charge is -2.15. The number of nitrogens with one attached hydrogen (secondary N) is 1. The van der Waals surface area contributed by atoms with Crippen LogP contribution in [-0.2, 0) is 4.74 Å². The fraction of sp³-hybridized carbons (Fsp3) is 0.375. The normalized spacial score (nSPS) is 10.6. The van der Waals surface area contributed by atoms with Crippen molar-refractivity contribution >= 4 is 22.6 Å². The third-order valence-electron chi connectivity index (χ3n) is 3.28. The van der Waals surface area contributed by atoms with Crippen LogP contribution in [0.15, 0.2) is 18.3 Å². The third kappa shape index (κ3) is 2.46. The number of anilines is 1. The van der Waals surface area contributed by atoms with Gasteiger partial charge in [-0.2, -0.15) is 0 Å². The molecule has 0 atom stereocenters. The van der Waals surface area contributed by atoms with E-state index < -0.39 is 0 Å². The van der Waals surface area contributed by atoms with Crippen LogP contribution >= 0.6 is 0 Å². The Morgan fingerprint density at radius 1 is 1.25 bits per heavy atom. The molecule has 0 aliphatic carbocycles. The lowest BCUT2D eigenvalue weighted by Crippen LogP contribution is -2.11. The second-order valence-electron chi connectivity index (χ2n) is 4.72. The third-order valence-corrected chi connectivity index (χ3v) is 3.28. The van der Waals surface area contributed by atoms with Crippen LogP contribution in [0.3, 0.4) is 0 Å². The number of carbonyl (C=O) groups is 1. The summed E-state index contributed by atoms with van der Waals surface area (Å²) >= 11 is 0. The molecule has 1 aromatic heterocycles. The number of pyridine rings is 1. The number of ether oxygens (including phenoxy) is 1. The van der Waals surface area contributed by atoms with Gasteiger partial charge in [0, 0.05) is 18.1 Å². The summed E-state index contributed by atoms with van der Waals surface area (Å²) in [6.45, 7) is 8.95. The van der Waals surface area contributed by atoms with E-state index >= 15 is 0 Å². The highest BCUT2D eigenvalue weighted by molar-refractivity contribution is 6.06. The molecule has 0 saturated heterocycles. The van der Waals surface area contributed by atoms with E-state index in [1.54, 1.807) is 13.1 Å². The first-order valence-electron chi connectivity index (χ1n) is 6.90. The van der Waals surface area contributed by atoms with Gasteiger partial charge in [0.05, 0.1) is 17.8 Å². The van der Waals surface area contributed by atoms with Crippen molar-refractivity contribution in [2.75, 3.05) is 18.5 Å². The van der Waals surface area contributed by atoms with E-state index in [2.05, 4.69) is 16.4 Å². The lowest BCUT2D eigenvalue weighted by molar-refractivity contribution is 0.0527. The van der Waals surface area contributed by atoms with Gasteiger partial charge in [0.25, 0.3) is 0 Å². The number of esters is 1. The number of carbonyl (C=O) groups excluding carboxylic acids is 1. The van der Waals surface area contributed by atoms with Crippen LogP contribution in [0.2, 0.25) is 0 Å². The smallest absolute Gasteiger partial charge is 0.341 e. The molecule has 0 bridgehead atoms. The summed E-state index contributed by atoms with van der Waals surface area (Å²) in [6.07, 6.45) is 1.60. The van der Waals surface area contributed by atoms with E-state index in [1.165, 1.54) is 0 Å². The summed E-state index contributed by atoms with van der Waals surface area (Å²) in [5.41, 5.74) is 4.43. The highest BCUT2D eigenvalue weighted by atomic mass is 16.5. The topological polar surface area (TPSA) is 51.2 Å². The first-order valence-corrected chi connectivity index (χ1v) is 6.90. The molecule has 1 N–H and O–H groups in total. The maximum Gasteiger partial charge on any atom is 0.341 e. The number of aromatic nitrogens is 1. The van der Waals surface area contributed by atoms with Crippen molar-refractivity contribution < 1.29 is 9.53 Å². The first kappa shape index (κ1) is 14.3. The van der Waals surface area contributed by atoms with E-state index in [1.807, 2.05) is 26.8 Å². The van der Waals surface area contributed by atoms with Crippen LogP contribution in [0, 0.1) is 13.8 Å². The summed E-state index contributed by atoms with van der Waals surface area (Å²) in [4.78, 5) is 16.5. The number of nitrogens with zero attached hydrogens (tertiary/aromatic N) is 1. The largest absolute Gasteiger partial charge is 0.462 e. The molecule has 0 radical (unpaired) electrons. The van der Waals surface area contributed by atoms with E-state index in [0.717, 1.165) is 34.3 Å². The zero-order valence-corrected chi connectivity index (χ0v) is 12.4. The van der Waals surface area contributed by atoms with E-state index in [4.69, 9.17) is 4.74 Å². The van der Waals surface area contributed by atoms with Gasteiger partial charge in [0.1, 0.15) is 5.56 Å². The van der Waals surface area contributed by atoms with Crippen molar-refractivity contribution in [2.45, 2.75) is 27.7 Å². The van der Waals surface area contributed by atoms with Crippen molar-refractivity contribution in [3.8, 4) is 0 Å². The standard InChI is InChI=1S/C16H20N2O2/c1-5-17-15-12(16(19)20-6-2)9-18-14-11(4)8-7-10(3)13(14)15/h7-9H,5-6H2,1-4H3,(H,17,18). The minimum absolute atomic E-state index is 0.334. The molecule has 0 unspecified atom stereocenters. The Labute approximate surface area is 119 Å². The summed E-state index contributed by atoms with van der Waals surface area (Å²) in [7, 11) is 0. The minimum Gasteiger partial charge on any atom is -0.462 e. The van der Waals surface area contributed by atoms with Crippen molar-refractivity contribution in [1.29, 1.82) is 0 Å². The Balaban J connectivity index is 2.74. The van der Waals surface area contributed by atoms with Crippen LogP contribution in [0.25, 0.3) is 10.9 Å². The second-order valence-corrected chi connectivity index (χ2v) is 4.72. The molecule has 1 heterocycles. The molecule has 0 spiro atoms. The average molecular weight is 272 g/mol. The Morgan fingerprint density at radius 3 is 2.60 bits per heavy atom. The summed E-state index contributed by atoms with van der Waals surface area (Å²) in [5.74, 6) is -0.334. The molecule has 0 aliphatic rings. The van der Waals surface area contributed by atoms with Gasteiger partial charge < -0.3 is 10.1 Å². The fourth-order valence-electron chi connectivity index (χ4n) is 2.33. The predicted octanol–water partition coefficient (Wildman–Crippen LogP) is 3.46. The maximum absolute atomic E-state index is 12.1. The number of aryl methyl sites for hydroxylation is 2. The summed E-state index contributed by atoms with van der Waals surface area (Å²) < 4.78 is 5.12. The summed E-state index contributed by atoms with van der Waals surface area (Å²) in [6, 6.07) is 4.10. The van der Waals surface area contributed by atoms with Gasteiger partial charge in [-0.1, -0.05) is 12.1 Å². The number of hydrogen-bond acceptors (Lipinski definition) is 4. The van der Waals surface area contributed by atoms with Crippen molar-refractivity contribution in [3.63, 3.8) is 0 Å². The SMILES string of the molecule is CCNc1c(C(=O)OCC)cnc2c(C)ccc(C)c12. The molecule has 0 amide bonds. The minimum atomic E-state index is -0.334. The highest BCUT2D eigenvalue weighted by Gasteiger charge is 2.18. The maximum atomic E-state index is 12.1. The number of rotatable bonds is 4. The van der Waals surface area contributed by atoms with Crippen LogP contribution in [0.4, 0.5) is 5.69 Å². The monoisotopic (exact) mass is 272 g/mol. The molecule has 2 rings (SSSR count). The zero-order chi connectivity index (χ0) is 14.7. The van der Waals surface area contributed by atoms with Gasteiger partial charge in [-0.3, -0.25) is 4.98 Å². The Kier molecular flexibility index (Phi) is 4.23. The molecule has 0 fully saturated rings. The van der Waals surface area contributed by atoms with Gasteiger partial charge in [-0.05, 0) is 38.8 Å². The van der Waals surface area contributed by atoms with Crippen LogP contribution in [-0.4, -0.2) is 24.1 Å². The molecule has 2 aromatic rings. The second kappa shape index (κ2) is 5.90. The van der Waals surface area contributed by atoms with Crippen LogP contribution < -0.4 is 5.32 Å². The molecule has 4 nitrogen and oxygen atoms in total. The molecule has 0 aliphatic heterocycles. The lowest BCUT2D eigenvalue weighted by atomic mass is 10.0. The predicted molar refractivity (Wildman–Crippen MR) is 81.3 cm³/mol. The van der Waals surface area contributed by atoms with Gasteiger partial charge in [0.15, 0.2) is 0 Å². The molecule has 0 saturated carbocycles. The number of fused-ring (bicyclic) bond motifs is 1. The van der Waals surface area contributed by atoms with Gasteiger partial charge in [-0.25, -0.2) is 4.79 Å². The first-order chi connectivity index (χ1) is 9.60. The summed E-state index contributed by atoms with van der Waals surface area (Å²) in [5, 5.41) is 4.28. The molecular weight excluding hydrogens is 252 g/mol. The van der Waals surface area contributed by atoms with E-state index in [-0.39, 0.29) is 5.97 Å². The quantitative estimate of drug-likeness (QED) is 0.866. The van der Waals surface area contributed by atoms with Gasteiger partial charge in [-0.15, -0.1) is 0 Å². The fourth-order valence-corrected chi connectivity index (χ4v) is 2.33. The van der Waals surface area contributed by atoms with Crippen molar-refractivity contribution in [1.82, 2.24) is 4.98 Å². The molecular formula is C16H20N2O2. The zero-order valence-electron chi connectivity index (χ0n) is 12.4. The molecule has 1 aromatic carbocycles. The van der Waals surface area contributed by atoms with Gasteiger partial charge in [0.2, 0.25) is 0 Å². The molecule has 106 valence electrons. The molecule has 4 heteroatoms. The van der Waals surface area contributed by atoms with Crippen LogP contribution in [0.5, 0.6) is 0 Å². The Bertz CT molecular complexity index is 650. The average Bonchev–Trinajstić information content (AvgIpc) is 2.43. The van der Waals surface area contributed by atoms with E-state index in [0.29, 0.717) is 12.2 Å². The van der Waals surface area contributed by atoms with Gasteiger partial charge >= 0.3 is 5.97 Å².